The molecule has 0 radical (unpaired) electrons. The average molecular weight is 439 g/mol. The first kappa shape index (κ1) is 18.3. The summed E-state index contributed by atoms with van der Waals surface area (Å²) in [4.78, 5) is 16.2. The Hall–Kier alpha value is -2.08. The maximum absolute atomic E-state index is 13.2. The van der Waals surface area contributed by atoms with Crippen LogP contribution in [0.4, 0.5) is 5.69 Å². The van der Waals surface area contributed by atoms with Crippen LogP contribution >= 0.6 is 27.9 Å². The summed E-state index contributed by atoms with van der Waals surface area (Å²) < 4.78 is 4.41. The summed E-state index contributed by atoms with van der Waals surface area (Å²) in [7, 11) is 0. The molecule has 4 rings (SSSR count). The Morgan fingerprint density at radius 2 is 1.70 bits per heavy atom. The molecule has 27 heavy (non-hydrogen) atoms. The standard InChI is InChI=1S/C22H19BrN2OS/c23-18-11-12-21-17(13-18)14-20(24-27-19-9-5-2-6-10-19)22(26)25(21)15-16-7-3-1-4-8-16/h1-13,20,24H,14-15H2. The molecule has 0 saturated heterocycles. The molecule has 0 saturated carbocycles. The lowest BCUT2D eigenvalue weighted by Crippen LogP contribution is -2.49. The number of benzene rings is 3. The molecule has 0 bridgehead atoms. The number of amides is 1. The van der Waals surface area contributed by atoms with Gasteiger partial charge in [0, 0.05) is 15.1 Å². The van der Waals surface area contributed by atoms with Crippen LogP contribution in [0.2, 0.25) is 0 Å². The predicted octanol–water partition coefficient (Wildman–Crippen LogP) is 5.20. The van der Waals surface area contributed by atoms with Crippen molar-refractivity contribution >= 4 is 39.5 Å². The van der Waals surface area contributed by atoms with Gasteiger partial charge in [-0.3, -0.25) is 4.79 Å². The van der Waals surface area contributed by atoms with Gasteiger partial charge >= 0.3 is 0 Å². The SMILES string of the molecule is O=C1C(NSc2ccccc2)Cc2cc(Br)ccc2N1Cc1ccccc1. The van der Waals surface area contributed by atoms with Crippen LogP contribution in [0.25, 0.3) is 0 Å². The zero-order valence-electron chi connectivity index (χ0n) is 14.6. The summed E-state index contributed by atoms with van der Waals surface area (Å²) >= 11 is 5.07. The van der Waals surface area contributed by atoms with E-state index in [2.05, 4.69) is 38.9 Å². The molecule has 0 aromatic heterocycles. The highest BCUT2D eigenvalue weighted by Crippen LogP contribution is 2.32. The molecule has 1 amide bonds. The lowest BCUT2D eigenvalue weighted by atomic mass is 9.97. The van der Waals surface area contributed by atoms with Gasteiger partial charge in [0.25, 0.3) is 0 Å². The molecule has 1 atom stereocenters. The van der Waals surface area contributed by atoms with Crippen molar-refractivity contribution in [3.63, 3.8) is 0 Å². The number of hydrogen-bond acceptors (Lipinski definition) is 3. The number of anilines is 1. The van der Waals surface area contributed by atoms with Gasteiger partial charge in [0.05, 0.1) is 6.54 Å². The first-order valence-corrected chi connectivity index (χ1v) is 10.4. The van der Waals surface area contributed by atoms with Gasteiger partial charge in [0.15, 0.2) is 0 Å². The zero-order valence-corrected chi connectivity index (χ0v) is 17.0. The average Bonchev–Trinajstić information content (AvgIpc) is 2.70. The van der Waals surface area contributed by atoms with Crippen molar-refractivity contribution in [1.82, 2.24) is 4.72 Å². The Balaban J connectivity index is 1.60. The monoisotopic (exact) mass is 438 g/mol. The molecular formula is C22H19BrN2OS. The van der Waals surface area contributed by atoms with Gasteiger partial charge in [0.2, 0.25) is 5.91 Å². The van der Waals surface area contributed by atoms with Gasteiger partial charge in [0.1, 0.15) is 6.04 Å². The third-order valence-corrected chi connectivity index (χ3v) is 5.97. The molecule has 1 unspecified atom stereocenters. The van der Waals surface area contributed by atoms with E-state index in [0.717, 1.165) is 20.6 Å². The van der Waals surface area contributed by atoms with E-state index in [9.17, 15) is 4.79 Å². The Morgan fingerprint density at radius 1 is 1.00 bits per heavy atom. The zero-order chi connectivity index (χ0) is 18.6. The minimum atomic E-state index is -0.263. The second-order valence-corrected chi connectivity index (χ2v) is 8.30. The van der Waals surface area contributed by atoms with Crippen molar-refractivity contribution in [1.29, 1.82) is 0 Å². The molecule has 3 aromatic carbocycles. The number of fused-ring (bicyclic) bond motifs is 1. The fourth-order valence-electron chi connectivity index (χ4n) is 3.24. The molecule has 1 N–H and O–H groups in total. The van der Waals surface area contributed by atoms with E-state index in [-0.39, 0.29) is 11.9 Å². The number of hydrogen-bond donors (Lipinski definition) is 1. The van der Waals surface area contributed by atoms with Crippen LogP contribution in [0.1, 0.15) is 11.1 Å². The van der Waals surface area contributed by atoms with Crippen molar-refractivity contribution in [2.24, 2.45) is 0 Å². The first-order valence-electron chi connectivity index (χ1n) is 8.82. The summed E-state index contributed by atoms with van der Waals surface area (Å²) in [5.74, 6) is 0.108. The largest absolute Gasteiger partial charge is 0.306 e. The second kappa shape index (κ2) is 8.30. The van der Waals surface area contributed by atoms with Crippen LogP contribution in [0, 0.1) is 0 Å². The molecular weight excluding hydrogens is 420 g/mol. The second-order valence-electron chi connectivity index (χ2n) is 6.47. The Morgan fingerprint density at radius 3 is 2.44 bits per heavy atom. The molecule has 3 aromatic rings. The van der Waals surface area contributed by atoms with Crippen LogP contribution in [-0.4, -0.2) is 11.9 Å². The Kier molecular flexibility index (Phi) is 5.62. The van der Waals surface area contributed by atoms with Gasteiger partial charge in [-0.25, -0.2) is 4.72 Å². The van der Waals surface area contributed by atoms with Crippen LogP contribution in [-0.2, 0) is 17.8 Å². The fourth-order valence-corrected chi connectivity index (χ4v) is 4.41. The van der Waals surface area contributed by atoms with E-state index in [4.69, 9.17) is 0 Å². The lowest BCUT2D eigenvalue weighted by Gasteiger charge is -2.34. The highest BCUT2D eigenvalue weighted by atomic mass is 79.9. The third kappa shape index (κ3) is 4.26. The van der Waals surface area contributed by atoms with Crippen LogP contribution in [0.15, 0.2) is 88.2 Å². The molecule has 0 spiro atoms. The van der Waals surface area contributed by atoms with E-state index in [1.54, 1.807) is 0 Å². The number of carbonyl (C=O) groups is 1. The van der Waals surface area contributed by atoms with Crippen LogP contribution in [0.5, 0.6) is 0 Å². The van der Waals surface area contributed by atoms with E-state index in [0.29, 0.717) is 13.0 Å². The smallest absolute Gasteiger partial charge is 0.245 e. The van der Waals surface area contributed by atoms with Crippen molar-refractivity contribution < 1.29 is 4.79 Å². The number of nitrogens with zero attached hydrogens (tertiary/aromatic N) is 1. The van der Waals surface area contributed by atoms with Crippen molar-refractivity contribution in [2.75, 3.05) is 4.90 Å². The van der Waals surface area contributed by atoms with Crippen molar-refractivity contribution in [3.05, 3.63) is 94.5 Å². The van der Waals surface area contributed by atoms with Crippen LogP contribution in [0.3, 0.4) is 0 Å². The molecule has 5 heteroatoms. The predicted molar refractivity (Wildman–Crippen MR) is 115 cm³/mol. The fraction of sp³-hybridized carbons (Fsp3) is 0.136. The normalized spacial score (nSPS) is 16.3. The van der Waals surface area contributed by atoms with E-state index in [1.165, 1.54) is 17.5 Å². The van der Waals surface area contributed by atoms with Crippen molar-refractivity contribution in [3.8, 4) is 0 Å². The van der Waals surface area contributed by atoms with Gasteiger partial charge in [-0.2, -0.15) is 0 Å². The quantitative estimate of drug-likeness (QED) is 0.555. The van der Waals surface area contributed by atoms with Gasteiger partial charge in [-0.15, -0.1) is 0 Å². The van der Waals surface area contributed by atoms with Gasteiger partial charge in [-0.05, 0) is 59.8 Å². The van der Waals surface area contributed by atoms with Crippen LogP contribution < -0.4 is 9.62 Å². The lowest BCUT2D eigenvalue weighted by molar-refractivity contribution is -0.120. The number of halogens is 1. The van der Waals surface area contributed by atoms with E-state index < -0.39 is 0 Å². The number of nitrogens with one attached hydrogen (secondary N) is 1. The number of rotatable bonds is 5. The topological polar surface area (TPSA) is 32.3 Å². The maximum Gasteiger partial charge on any atom is 0.245 e. The molecule has 136 valence electrons. The molecule has 3 nitrogen and oxygen atoms in total. The Bertz CT molecular complexity index is 934. The number of carbonyl (C=O) groups excluding carboxylic acids is 1. The summed E-state index contributed by atoms with van der Waals surface area (Å²) in [6.07, 6.45) is 0.679. The van der Waals surface area contributed by atoms with Crippen molar-refractivity contribution in [2.45, 2.75) is 23.9 Å². The van der Waals surface area contributed by atoms with E-state index >= 15 is 0 Å². The summed E-state index contributed by atoms with van der Waals surface area (Å²) in [5.41, 5.74) is 3.29. The minimum absolute atomic E-state index is 0.108. The summed E-state index contributed by atoms with van der Waals surface area (Å²) in [6, 6.07) is 26.1. The third-order valence-electron chi connectivity index (χ3n) is 4.57. The maximum atomic E-state index is 13.2. The summed E-state index contributed by atoms with van der Waals surface area (Å²) in [5, 5.41) is 0. The Labute approximate surface area is 172 Å². The highest BCUT2D eigenvalue weighted by Gasteiger charge is 2.33. The minimum Gasteiger partial charge on any atom is -0.306 e. The van der Waals surface area contributed by atoms with E-state index in [1.807, 2.05) is 65.6 Å². The molecule has 1 aliphatic heterocycles. The molecule has 0 fully saturated rings. The first-order chi connectivity index (χ1) is 13.2. The van der Waals surface area contributed by atoms with Gasteiger partial charge < -0.3 is 4.90 Å². The summed E-state index contributed by atoms with van der Waals surface area (Å²) in [6.45, 7) is 0.572. The highest BCUT2D eigenvalue weighted by molar-refractivity contribution is 9.10. The molecule has 1 heterocycles. The van der Waals surface area contributed by atoms with Gasteiger partial charge in [-0.1, -0.05) is 64.5 Å². The molecule has 1 aliphatic rings. The molecule has 0 aliphatic carbocycles.